The van der Waals surface area contributed by atoms with Crippen molar-refractivity contribution in [2.75, 3.05) is 6.79 Å². The summed E-state index contributed by atoms with van der Waals surface area (Å²) in [7, 11) is 0. The second-order valence-electron chi connectivity index (χ2n) is 10.5. The first-order valence-electron chi connectivity index (χ1n) is 14.3. The van der Waals surface area contributed by atoms with Gasteiger partial charge in [-0.15, -0.1) is 0 Å². The van der Waals surface area contributed by atoms with Crippen LogP contribution in [0, 0.1) is 5.82 Å². The molecule has 0 aliphatic carbocycles. The molecule has 1 aliphatic rings. The van der Waals surface area contributed by atoms with E-state index in [0.29, 0.717) is 19.6 Å². The molecule has 2 heterocycles. The second kappa shape index (κ2) is 12.8. The Kier molecular flexibility index (Phi) is 8.54. The number of fused-ring (bicyclic) bond motifs is 1. The molecule has 0 saturated carbocycles. The van der Waals surface area contributed by atoms with Crippen molar-refractivity contribution < 1.29 is 13.9 Å². The lowest BCUT2D eigenvalue weighted by Gasteiger charge is -2.25. The summed E-state index contributed by atoms with van der Waals surface area (Å²) in [6.45, 7) is 5.13. The zero-order chi connectivity index (χ0) is 28.9. The first-order valence-corrected chi connectivity index (χ1v) is 14.7. The van der Waals surface area contributed by atoms with Gasteiger partial charge < -0.3 is 14.0 Å². The summed E-state index contributed by atoms with van der Waals surface area (Å²) in [4.78, 5) is 7.62. The summed E-state index contributed by atoms with van der Waals surface area (Å²) in [5.41, 5.74) is 6.31. The van der Waals surface area contributed by atoms with Crippen LogP contribution in [-0.2, 0) is 26.2 Å². The van der Waals surface area contributed by atoms with E-state index < -0.39 is 5.82 Å². The Morgan fingerprint density at radius 3 is 2.19 bits per heavy atom. The fourth-order valence-electron chi connectivity index (χ4n) is 5.41. The van der Waals surface area contributed by atoms with E-state index in [1.54, 1.807) is 12.1 Å². The van der Waals surface area contributed by atoms with Gasteiger partial charge in [-0.3, -0.25) is 4.90 Å². The van der Waals surface area contributed by atoms with E-state index in [0.717, 1.165) is 70.4 Å². The standard InChI is InChI=1S/C35H33ClFN3O2/c1-2-3-18-40-31(34(27-10-6-4-7-11-27)38-35(40)28-12-8-5-9-13-28)23-39(21-25-14-16-30(37)29(36)19-25)22-26-15-17-32-33(20-26)42-24-41-32/h4-17,19-20H,2-3,18,21-24H2,1H3. The van der Waals surface area contributed by atoms with Gasteiger partial charge in [0.05, 0.1) is 16.4 Å². The maximum atomic E-state index is 14.0. The van der Waals surface area contributed by atoms with Crippen LogP contribution in [0.4, 0.5) is 4.39 Å². The minimum Gasteiger partial charge on any atom is -0.454 e. The molecule has 5 aromatic rings. The summed E-state index contributed by atoms with van der Waals surface area (Å²) >= 11 is 6.20. The number of aromatic nitrogens is 2. The number of halogens is 2. The van der Waals surface area contributed by atoms with E-state index in [9.17, 15) is 4.39 Å². The van der Waals surface area contributed by atoms with Gasteiger partial charge in [-0.05, 0) is 41.8 Å². The topological polar surface area (TPSA) is 39.5 Å². The maximum Gasteiger partial charge on any atom is 0.231 e. The van der Waals surface area contributed by atoms with Crippen molar-refractivity contribution in [3.8, 4) is 34.1 Å². The Bertz CT molecular complexity index is 1660. The van der Waals surface area contributed by atoms with Crippen molar-refractivity contribution in [3.63, 3.8) is 0 Å². The third-order valence-electron chi connectivity index (χ3n) is 7.49. The van der Waals surface area contributed by atoms with Crippen molar-refractivity contribution in [1.29, 1.82) is 0 Å². The molecule has 0 unspecified atom stereocenters. The quantitative estimate of drug-likeness (QED) is 0.156. The minimum atomic E-state index is -0.417. The van der Waals surface area contributed by atoms with E-state index in [2.05, 4.69) is 71.0 Å². The van der Waals surface area contributed by atoms with Crippen LogP contribution in [0.2, 0.25) is 5.02 Å². The Hall–Kier alpha value is -4.13. The molecule has 0 bridgehead atoms. The Morgan fingerprint density at radius 2 is 1.48 bits per heavy atom. The largest absolute Gasteiger partial charge is 0.454 e. The van der Waals surface area contributed by atoms with Crippen molar-refractivity contribution >= 4 is 11.6 Å². The van der Waals surface area contributed by atoms with Crippen LogP contribution in [0.25, 0.3) is 22.6 Å². The van der Waals surface area contributed by atoms with Crippen LogP contribution in [0.3, 0.4) is 0 Å². The van der Waals surface area contributed by atoms with Crippen molar-refractivity contribution in [1.82, 2.24) is 14.5 Å². The average Bonchev–Trinajstić information content (AvgIpc) is 3.63. The first-order chi connectivity index (χ1) is 20.6. The number of unbranched alkanes of at least 4 members (excludes halogenated alkanes) is 1. The molecule has 0 saturated heterocycles. The van der Waals surface area contributed by atoms with Gasteiger partial charge in [0.1, 0.15) is 11.6 Å². The summed E-state index contributed by atoms with van der Waals surface area (Å²) in [5.74, 6) is 2.05. The molecule has 0 radical (unpaired) electrons. The monoisotopic (exact) mass is 581 g/mol. The predicted molar refractivity (Wildman–Crippen MR) is 165 cm³/mol. The molecular formula is C35H33ClFN3O2. The first kappa shape index (κ1) is 28.0. The summed E-state index contributed by atoms with van der Waals surface area (Å²) in [6, 6.07) is 31.8. The fraction of sp³-hybridized carbons (Fsp3) is 0.229. The highest BCUT2D eigenvalue weighted by Crippen LogP contribution is 2.35. The van der Waals surface area contributed by atoms with E-state index >= 15 is 0 Å². The SMILES string of the molecule is CCCCn1c(-c2ccccc2)nc(-c2ccccc2)c1CN(Cc1ccc(F)c(Cl)c1)Cc1ccc2c(c1)OCO2. The Morgan fingerprint density at radius 1 is 0.810 bits per heavy atom. The lowest BCUT2D eigenvalue weighted by molar-refractivity contribution is 0.174. The molecule has 7 heteroatoms. The molecule has 0 N–H and O–H groups in total. The molecule has 1 aliphatic heterocycles. The van der Waals surface area contributed by atoms with Gasteiger partial charge in [0.25, 0.3) is 0 Å². The summed E-state index contributed by atoms with van der Waals surface area (Å²) < 4.78 is 27.6. The van der Waals surface area contributed by atoms with Gasteiger partial charge >= 0.3 is 0 Å². The number of rotatable bonds is 11. The number of hydrogen-bond acceptors (Lipinski definition) is 4. The molecule has 0 spiro atoms. The second-order valence-corrected chi connectivity index (χ2v) is 11.0. The highest BCUT2D eigenvalue weighted by molar-refractivity contribution is 6.30. The molecular weight excluding hydrogens is 549 g/mol. The van der Waals surface area contributed by atoms with Gasteiger partial charge in [0.2, 0.25) is 6.79 Å². The van der Waals surface area contributed by atoms with Crippen molar-refractivity contribution in [2.45, 2.75) is 45.9 Å². The zero-order valence-electron chi connectivity index (χ0n) is 23.6. The van der Waals surface area contributed by atoms with Crippen molar-refractivity contribution in [2.24, 2.45) is 0 Å². The van der Waals surface area contributed by atoms with Gasteiger partial charge in [0, 0.05) is 37.3 Å². The number of ether oxygens (including phenoxy) is 2. The fourth-order valence-corrected chi connectivity index (χ4v) is 5.61. The number of nitrogens with zero attached hydrogens (tertiary/aromatic N) is 3. The van der Waals surface area contributed by atoms with E-state index in [1.807, 2.05) is 24.3 Å². The lowest BCUT2D eigenvalue weighted by Crippen LogP contribution is -2.24. The van der Waals surface area contributed by atoms with Crippen LogP contribution >= 0.6 is 11.6 Å². The molecule has 0 fully saturated rings. The van der Waals surface area contributed by atoms with Gasteiger partial charge in [-0.25, -0.2) is 9.37 Å². The molecule has 4 aromatic carbocycles. The normalized spacial score (nSPS) is 12.3. The number of hydrogen-bond donors (Lipinski definition) is 0. The van der Waals surface area contributed by atoms with E-state index in [-0.39, 0.29) is 11.8 Å². The molecule has 1 aromatic heterocycles. The van der Waals surface area contributed by atoms with Gasteiger partial charge in [0.15, 0.2) is 11.5 Å². The third kappa shape index (κ3) is 6.20. The maximum absolute atomic E-state index is 14.0. The predicted octanol–water partition coefficient (Wildman–Crippen LogP) is 8.74. The van der Waals surface area contributed by atoms with Crippen LogP contribution in [0.5, 0.6) is 11.5 Å². The van der Waals surface area contributed by atoms with Crippen LogP contribution in [0.15, 0.2) is 97.1 Å². The molecule has 6 rings (SSSR count). The average molecular weight is 582 g/mol. The van der Waals surface area contributed by atoms with Crippen LogP contribution < -0.4 is 9.47 Å². The van der Waals surface area contributed by atoms with Gasteiger partial charge in [-0.2, -0.15) is 0 Å². The molecule has 214 valence electrons. The number of imidazole rings is 1. The number of benzene rings is 4. The lowest BCUT2D eigenvalue weighted by atomic mass is 10.1. The van der Waals surface area contributed by atoms with E-state index in [1.165, 1.54) is 6.07 Å². The smallest absolute Gasteiger partial charge is 0.231 e. The highest BCUT2D eigenvalue weighted by atomic mass is 35.5. The molecule has 0 atom stereocenters. The third-order valence-corrected chi connectivity index (χ3v) is 7.78. The molecule has 42 heavy (non-hydrogen) atoms. The van der Waals surface area contributed by atoms with Crippen molar-refractivity contribution in [3.05, 3.63) is 125 Å². The van der Waals surface area contributed by atoms with Gasteiger partial charge in [-0.1, -0.05) is 97.7 Å². The highest BCUT2D eigenvalue weighted by Gasteiger charge is 2.23. The molecule has 0 amide bonds. The summed E-state index contributed by atoms with van der Waals surface area (Å²) in [6.07, 6.45) is 2.11. The van der Waals surface area contributed by atoms with E-state index in [4.69, 9.17) is 26.1 Å². The van der Waals surface area contributed by atoms with Crippen LogP contribution in [-0.4, -0.2) is 21.2 Å². The zero-order valence-corrected chi connectivity index (χ0v) is 24.4. The van der Waals surface area contributed by atoms with Crippen LogP contribution in [0.1, 0.15) is 36.6 Å². The Balaban J connectivity index is 1.44. The Labute approximate surface area is 251 Å². The summed E-state index contributed by atoms with van der Waals surface area (Å²) in [5, 5.41) is 0.125. The minimum absolute atomic E-state index is 0.125. The molecule has 5 nitrogen and oxygen atoms in total.